The van der Waals surface area contributed by atoms with Crippen LogP contribution in [0, 0.1) is 0 Å². The van der Waals surface area contributed by atoms with Gasteiger partial charge in [0.05, 0.1) is 11.8 Å². The number of aliphatic hydroxyl groups is 1. The van der Waals surface area contributed by atoms with Crippen LogP contribution in [0.1, 0.15) is 57.6 Å². The summed E-state index contributed by atoms with van der Waals surface area (Å²) in [4.78, 5) is 14.4. The number of ether oxygens (including phenoxy) is 1. The first kappa shape index (κ1) is 18.2. The van der Waals surface area contributed by atoms with Crippen LogP contribution >= 0.6 is 0 Å². The molecule has 0 unspecified atom stereocenters. The Kier molecular flexibility index (Phi) is 5.35. The summed E-state index contributed by atoms with van der Waals surface area (Å²) in [7, 11) is 0. The van der Waals surface area contributed by atoms with Gasteiger partial charge in [-0.15, -0.1) is 0 Å². The highest BCUT2D eigenvalue weighted by Gasteiger charge is 2.31. The molecule has 0 spiro atoms. The van der Waals surface area contributed by atoms with Gasteiger partial charge in [0.25, 0.3) is 0 Å². The molecule has 1 aromatic carbocycles. The van der Waals surface area contributed by atoms with Gasteiger partial charge in [0, 0.05) is 19.1 Å². The molecule has 5 heteroatoms. The van der Waals surface area contributed by atoms with Gasteiger partial charge in [0.2, 0.25) is 0 Å². The van der Waals surface area contributed by atoms with Crippen LogP contribution in [0.3, 0.4) is 0 Å². The Morgan fingerprint density at radius 2 is 2.00 bits per heavy atom. The predicted octanol–water partition coefficient (Wildman–Crippen LogP) is 3.38. The summed E-state index contributed by atoms with van der Waals surface area (Å²) in [5.74, 6) is 0. The third-order valence-corrected chi connectivity index (χ3v) is 4.97. The van der Waals surface area contributed by atoms with Gasteiger partial charge in [0.1, 0.15) is 5.60 Å². The molecule has 25 heavy (non-hydrogen) atoms. The van der Waals surface area contributed by atoms with Crippen molar-refractivity contribution in [3.05, 3.63) is 29.3 Å². The zero-order chi connectivity index (χ0) is 18.0. The maximum absolute atomic E-state index is 12.6. The molecule has 138 valence electrons. The lowest BCUT2D eigenvalue weighted by Crippen LogP contribution is -2.37. The molecule has 1 saturated carbocycles. The molecule has 1 amide bonds. The second-order valence-corrected chi connectivity index (χ2v) is 8.19. The van der Waals surface area contributed by atoms with Crippen molar-refractivity contribution < 1.29 is 14.6 Å². The second-order valence-electron chi connectivity index (χ2n) is 8.19. The maximum Gasteiger partial charge on any atom is 0.414 e. The van der Waals surface area contributed by atoms with E-state index in [1.807, 2.05) is 20.8 Å². The third-order valence-electron chi connectivity index (χ3n) is 4.97. The molecule has 1 heterocycles. The van der Waals surface area contributed by atoms with Gasteiger partial charge in [-0.1, -0.05) is 18.2 Å². The molecule has 5 nitrogen and oxygen atoms in total. The van der Waals surface area contributed by atoms with Crippen molar-refractivity contribution in [1.29, 1.82) is 0 Å². The first-order valence-corrected chi connectivity index (χ1v) is 9.36. The number of fused-ring (bicyclic) bond motifs is 1. The number of para-hydroxylation sites is 1. The number of nitrogens with one attached hydrogen (secondary N) is 1. The van der Waals surface area contributed by atoms with Gasteiger partial charge < -0.3 is 15.2 Å². The summed E-state index contributed by atoms with van der Waals surface area (Å²) in [5.41, 5.74) is 2.88. The molecule has 2 aliphatic rings. The van der Waals surface area contributed by atoms with Gasteiger partial charge in [-0.25, -0.2) is 4.79 Å². The lowest BCUT2D eigenvalue weighted by molar-refractivity contribution is 0.0583. The lowest BCUT2D eigenvalue weighted by Gasteiger charge is -2.28. The van der Waals surface area contributed by atoms with Crippen molar-refractivity contribution in [3.63, 3.8) is 0 Å². The molecular formula is C20H30N2O3. The topological polar surface area (TPSA) is 61.8 Å². The number of hydrogen-bond donors (Lipinski definition) is 2. The highest BCUT2D eigenvalue weighted by atomic mass is 16.6. The minimum atomic E-state index is -0.490. The Morgan fingerprint density at radius 3 is 2.68 bits per heavy atom. The van der Waals surface area contributed by atoms with Crippen LogP contribution in [0.4, 0.5) is 10.5 Å². The van der Waals surface area contributed by atoms with Crippen LogP contribution in [0.5, 0.6) is 0 Å². The standard InChI is InChI=1S/C20H30N2O3/c1-20(2,3)25-19(24)22-12-11-14-5-4-6-15(18(14)22)13-21-16-7-9-17(23)10-8-16/h4-6,16-17,21,23H,7-13H2,1-3H3. The molecule has 2 N–H and O–H groups in total. The average Bonchev–Trinajstić information content (AvgIpc) is 2.97. The van der Waals surface area contributed by atoms with E-state index >= 15 is 0 Å². The number of nitrogens with zero attached hydrogens (tertiary/aromatic N) is 1. The summed E-state index contributed by atoms with van der Waals surface area (Å²) in [5, 5.41) is 13.2. The SMILES string of the molecule is CC(C)(C)OC(=O)N1CCc2cccc(CNC3CCC(O)CC3)c21. The fourth-order valence-corrected chi connectivity index (χ4v) is 3.71. The molecule has 0 saturated heterocycles. The lowest BCUT2D eigenvalue weighted by atomic mass is 9.93. The van der Waals surface area contributed by atoms with Gasteiger partial charge in [-0.05, 0) is 64.0 Å². The first-order chi connectivity index (χ1) is 11.8. The van der Waals surface area contributed by atoms with E-state index in [1.165, 1.54) is 5.56 Å². The highest BCUT2D eigenvalue weighted by molar-refractivity contribution is 5.91. The third kappa shape index (κ3) is 4.53. The Balaban J connectivity index is 1.70. The Labute approximate surface area is 150 Å². The number of rotatable bonds is 3. The smallest absolute Gasteiger partial charge is 0.414 e. The predicted molar refractivity (Wildman–Crippen MR) is 98.8 cm³/mol. The number of carbonyl (C=O) groups excluding carboxylic acids is 1. The fraction of sp³-hybridized carbons (Fsp3) is 0.650. The Morgan fingerprint density at radius 1 is 1.28 bits per heavy atom. The van der Waals surface area contributed by atoms with E-state index in [9.17, 15) is 9.90 Å². The number of amides is 1. The van der Waals surface area contributed by atoms with E-state index in [0.29, 0.717) is 12.6 Å². The zero-order valence-corrected chi connectivity index (χ0v) is 15.5. The van der Waals surface area contributed by atoms with Gasteiger partial charge in [-0.2, -0.15) is 0 Å². The number of carbonyl (C=O) groups is 1. The van der Waals surface area contributed by atoms with Gasteiger partial charge in [0.15, 0.2) is 0 Å². The van der Waals surface area contributed by atoms with Crippen molar-refractivity contribution in [2.45, 2.75) is 77.2 Å². The van der Waals surface area contributed by atoms with Crippen LogP contribution in [-0.4, -0.2) is 35.5 Å². The van der Waals surface area contributed by atoms with Crippen LogP contribution in [0.25, 0.3) is 0 Å². The molecule has 1 aliphatic heterocycles. The molecule has 0 bridgehead atoms. The van der Waals surface area contributed by atoms with Crippen molar-refractivity contribution >= 4 is 11.8 Å². The molecule has 1 fully saturated rings. The van der Waals surface area contributed by atoms with Crippen LogP contribution < -0.4 is 10.2 Å². The highest BCUT2D eigenvalue weighted by Crippen LogP contribution is 2.33. The fourth-order valence-electron chi connectivity index (χ4n) is 3.71. The number of benzene rings is 1. The number of hydrogen-bond acceptors (Lipinski definition) is 4. The van der Waals surface area contributed by atoms with Crippen molar-refractivity contribution in [2.75, 3.05) is 11.4 Å². The van der Waals surface area contributed by atoms with Crippen LogP contribution in [0.15, 0.2) is 18.2 Å². The molecular weight excluding hydrogens is 316 g/mol. The molecule has 3 rings (SSSR count). The molecule has 1 aromatic rings. The average molecular weight is 346 g/mol. The summed E-state index contributed by atoms with van der Waals surface area (Å²) in [6, 6.07) is 6.70. The van der Waals surface area contributed by atoms with E-state index in [-0.39, 0.29) is 12.2 Å². The van der Waals surface area contributed by atoms with Crippen LogP contribution in [0.2, 0.25) is 0 Å². The van der Waals surface area contributed by atoms with Crippen molar-refractivity contribution in [1.82, 2.24) is 5.32 Å². The maximum atomic E-state index is 12.6. The van der Waals surface area contributed by atoms with E-state index < -0.39 is 5.60 Å². The first-order valence-electron chi connectivity index (χ1n) is 9.36. The summed E-state index contributed by atoms with van der Waals surface area (Å²) >= 11 is 0. The Hall–Kier alpha value is -1.59. The molecule has 1 aliphatic carbocycles. The molecule has 0 aromatic heterocycles. The summed E-state index contributed by atoms with van der Waals surface area (Å²) in [6.45, 7) is 7.10. The van der Waals surface area contributed by atoms with E-state index in [1.54, 1.807) is 4.90 Å². The molecule has 0 radical (unpaired) electrons. The monoisotopic (exact) mass is 346 g/mol. The van der Waals surface area contributed by atoms with Crippen molar-refractivity contribution in [3.8, 4) is 0 Å². The van der Waals surface area contributed by atoms with Crippen LogP contribution in [-0.2, 0) is 17.7 Å². The number of aliphatic hydroxyl groups excluding tert-OH is 1. The number of anilines is 1. The summed E-state index contributed by atoms with van der Waals surface area (Å²) in [6.07, 6.45) is 4.22. The largest absolute Gasteiger partial charge is 0.443 e. The van der Waals surface area contributed by atoms with E-state index in [2.05, 4.69) is 23.5 Å². The van der Waals surface area contributed by atoms with Gasteiger partial charge in [-0.3, -0.25) is 4.90 Å². The normalized spacial score (nSPS) is 23.4. The minimum absolute atomic E-state index is 0.137. The summed E-state index contributed by atoms with van der Waals surface area (Å²) < 4.78 is 5.58. The Bertz CT molecular complexity index is 616. The molecule has 0 atom stereocenters. The minimum Gasteiger partial charge on any atom is -0.443 e. The van der Waals surface area contributed by atoms with E-state index in [4.69, 9.17) is 4.74 Å². The quantitative estimate of drug-likeness (QED) is 0.881. The van der Waals surface area contributed by atoms with Gasteiger partial charge >= 0.3 is 6.09 Å². The zero-order valence-electron chi connectivity index (χ0n) is 15.5. The second kappa shape index (κ2) is 7.34. The van der Waals surface area contributed by atoms with E-state index in [0.717, 1.165) is 49.9 Å². The van der Waals surface area contributed by atoms with Crippen molar-refractivity contribution in [2.24, 2.45) is 0 Å².